The van der Waals surface area contributed by atoms with Crippen molar-refractivity contribution in [3.8, 4) is 0 Å². The molecule has 10 N–H and O–H groups in total. The molecule has 37 heavy (non-hydrogen) atoms. The molecule has 0 heterocycles. The van der Waals surface area contributed by atoms with Crippen molar-refractivity contribution in [2.75, 3.05) is 19.8 Å². The van der Waals surface area contributed by atoms with E-state index in [1.54, 1.807) is 0 Å². The normalized spacial score (nSPS) is 15.3. The maximum absolute atomic E-state index is 12.9. The average molecular weight is 531 g/mol. The highest BCUT2D eigenvalue weighted by Crippen LogP contribution is 2.07. The van der Waals surface area contributed by atoms with Crippen LogP contribution in [0.5, 0.6) is 0 Å². The molecule has 5 atom stereocenters. The third kappa shape index (κ3) is 14.1. The first-order valence-corrected chi connectivity index (χ1v) is 12.7. The Balaban J connectivity index is 5.30. The lowest BCUT2D eigenvalue weighted by Gasteiger charge is -2.26. The molecule has 4 amide bonds. The van der Waals surface area contributed by atoms with Crippen LogP contribution in [0.15, 0.2) is 0 Å². The van der Waals surface area contributed by atoms with E-state index >= 15 is 0 Å². The number of rotatable bonds is 19. The van der Waals surface area contributed by atoms with Gasteiger partial charge in [-0.05, 0) is 44.1 Å². The average Bonchev–Trinajstić information content (AvgIpc) is 2.83. The summed E-state index contributed by atoms with van der Waals surface area (Å²) in [6.45, 7) is 6.39. The minimum atomic E-state index is -1.35. The van der Waals surface area contributed by atoms with Crippen molar-refractivity contribution in [2.24, 2.45) is 23.3 Å². The second kappa shape index (κ2) is 18.6. The van der Waals surface area contributed by atoms with Gasteiger partial charge in [-0.25, -0.2) is 0 Å². The van der Waals surface area contributed by atoms with Crippen molar-refractivity contribution in [2.45, 2.75) is 90.0 Å². The van der Waals surface area contributed by atoms with Crippen molar-refractivity contribution < 1.29 is 34.2 Å². The molecule has 0 unspecified atom stereocenters. The van der Waals surface area contributed by atoms with E-state index in [4.69, 9.17) is 11.5 Å². The largest absolute Gasteiger partial charge is 0.394 e. The number of carbonyl (C=O) groups is 5. The highest BCUT2D eigenvalue weighted by atomic mass is 16.3. The maximum atomic E-state index is 12.9. The van der Waals surface area contributed by atoms with E-state index in [9.17, 15) is 34.2 Å². The van der Waals surface area contributed by atoms with Crippen LogP contribution in [0.1, 0.15) is 59.8 Å². The highest BCUT2D eigenvalue weighted by Gasteiger charge is 2.31. The summed E-state index contributed by atoms with van der Waals surface area (Å²) in [6, 6.07) is -5.50. The second-order valence-electron chi connectivity index (χ2n) is 9.95. The molecular formula is C24H46N6O7. The summed E-state index contributed by atoms with van der Waals surface area (Å²) < 4.78 is 0. The van der Waals surface area contributed by atoms with Gasteiger partial charge in [0.25, 0.3) is 0 Å². The number of nitrogens with two attached hydrogens (primary N) is 2. The van der Waals surface area contributed by atoms with Crippen LogP contribution in [0.4, 0.5) is 0 Å². The van der Waals surface area contributed by atoms with Gasteiger partial charge in [-0.2, -0.15) is 0 Å². The highest BCUT2D eigenvalue weighted by molar-refractivity contribution is 5.95. The lowest BCUT2D eigenvalue weighted by atomic mass is 10.0. The van der Waals surface area contributed by atoms with Crippen molar-refractivity contribution in [1.29, 1.82) is 0 Å². The SMILES string of the molecule is CC(C)C[C@@H](C=O)NC(=O)[C@H](CO)NC(=O)[C@H](CC(C)C)NC(=O)[C@H](CO)NC(=O)[C@@H](N)CCCCN. The molecule has 0 saturated carbocycles. The molecule has 0 radical (unpaired) electrons. The third-order valence-corrected chi connectivity index (χ3v) is 5.49. The number of aldehydes is 1. The summed E-state index contributed by atoms with van der Waals surface area (Å²) in [5.41, 5.74) is 11.3. The third-order valence-electron chi connectivity index (χ3n) is 5.49. The first-order valence-electron chi connectivity index (χ1n) is 12.7. The Kier molecular flexibility index (Phi) is 17.3. The number of aliphatic hydroxyl groups is 2. The Bertz CT molecular complexity index is 734. The number of nitrogens with one attached hydrogen (secondary N) is 4. The summed E-state index contributed by atoms with van der Waals surface area (Å²) in [5, 5.41) is 29.1. The van der Waals surface area contributed by atoms with E-state index in [0.29, 0.717) is 38.5 Å². The zero-order chi connectivity index (χ0) is 28.5. The van der Waals surface area contributed by atoms with Gasteiger partial charge in [-0.3, -0.25) is 19.2 Å². The van der Waals surface area contributed by atoms with Crippen molar-refractivity contribution >= 4 is 29.9 Å². The number of aliphatic hydroxyl groups excluding tert-OH is 2. The summed E-state index contributed by atoms with van der Waals surface area (Å²) in [5.74, 6) is -2.85. The molecule has 0 aromatic heterocycles. The molecule has 0 aromatic carbocycles. The van der Waals surface area contributed by atoms with Gasteiger partial charge in [0.05, 0.1) is 25.3 Å². The minimum absolute atomic E-state index is 0.0546. The van der Waals surface area contributed by atoms with E-state index < -0.39 is 67.1 Å². The van der Waals surface area contributed by atoms with Crippen LogP contribution in [0, 0.1) is 11.8 Å². The standard InChI is InChI=1S/C24H46N6O7/c1-14(2)9-16(11-31)27-23(36)19(12-32)30-22(35)18(10-15(3)4)28-24(37)20(13-33)29-21(34)17(26)7-5-6-8-25/h11,14-20,32-33H,5-10,12-13,25-26H2,1-4H3,(H,27,36)(H,28,37)(H,29,34)(H,30,35)/t16-,17-,18-,19-,20-/m0/s1. The molecule has 0 bridgehead atoms. The van der Waals surface area contributed by atoms with Gasteiger partial charge in [0, 0.05) is 0 Å². The van der Waals surface area contributed by atoms with Crippen molar-refractivity contribution in [3.05, 3.63) is 0 Å². The van der Waals surface area contributed by atoms with Gasteiger partial charge >= 0.3 is 0 Å². The van der Waals surface area contributed by atoms with Crippen molar-refractivity contribution in [1.82, 2.24) is 21.3 Å². The van der Waals surface area contributed by atoms with E-state index in [2.05, 4.69) is 21.3 Å². The Labute approximate surface area is 218 Å². The van der Waals surface area contributed by atoms with E-state index in [0.717, 1.165) is 0 Å². The number of amides is 4. The summed E-state index contributed by atoms with van der Waals surface area (Å²) in [4.78, 5) is 61.8. The molecule has 214 valence electrons. The Morgan fingerprint density at radius 3 is 1.65 bits per heavy atom. The quantitative estimate of drug-likeness (QED) is 0.0660. The molecule has 0 aliphatic carbocycles. The Hall–Kier alpha value is -2.61. The van der Waals surface area contributed by atoms with Crippen LogP contribution in [0.2, 0.25) is 0 Å². The van der Waals surface area contributed by atoms with Crippen LogP contribution >= 0.6 is 0 Å². The predicted octanol–water partition coefficient (Wildman–Crippen LogP) is -2.34. The molecular weight excluding hydrogens is 484 g/mol. The van der Waals surface area contributed by atoms with E-state index in [1.165, 1.54) is 0 Å². The van der Waals surface area contributed by atoms with Crippen molar-refractivity contribution in [3.63, 3.8) is 0 Å². The fourth-order valence-electron chi connectivity index (χ4n) is 3.49. The molecule has 13 heteroatoms. The monoisotopic (exact) mass is 530 g/mol. The van der Waals surface area contributed by atoms with E-state index in [-0.39, 0.29) is 18.3 Å². The van der Waals surface area contributed by atoms with Crippen LogP contribution < -0.4 is 32.7 Å². The van der Waals surface area contributed by atoms with Gasteiger partial charge in [0.1, 0.15) is 24.4 Å². The molecule has 13 nitrogen and oxygen atoms in total. The lowest BCUT2D eigenvalue weighted by Crippen LogP contribution is -2.59. The van der Waals surface area contributed by atoms with Crippen LogP contribution in [0.3, 0.4) is 0 Å². The minimum Gasteiger partial charge on any atom is -0.394 e. The fraction of sp³-hybridized carbons (Fsp3) is 0.792. The molecule has 0 saturated heterocycles. The molecule has 0 spiro atoms. The number of hydrogen-bond acceptors (Lipinski definition) is 9. The molecule has 0 rings (SSSR count). The van der Waals surface area contributed by atoms with E-state index in [1.807, 2.05) is 27.7 Å². The van der Waals surface area contributed by atoms with Crippen LogP contribution in [-0.4, -0.2) is 90.1 Å². The summed E-state index contributed by atoms with van der Waals surface area (Å²) in [6.07, 6.45) is 2.82. The zero-order valence-corrected chi connectivity index (χ0v) is 22.4. The maximum Gasteiger partial charge on any atom is 0.245 e. The van der Waals surface area contributed by atoms with Crippen LogP contribution in [-0.2, 0) is 24.0 Å². The molecule has 0 fully saturated rings. The molecule has 0 aromatic rings. The van der Waals surface area contributed by atoms with Gasteiger partial charge in [-0.1, -0.05) is 34.1 Å². The predicted molar refractivity (Wildman–Crippen MR) is 138 cm³/mol. The van der Waals surface area contributed by atoms with Gasteiger partial charge in [0.2, 0.25) is 23.6 Å². The topological polar surface area (TPSA) is 226 Å². The summed E-state index contributed by atoms with van der Waals surface area (Å²) in [7, 11) is 0. The lowest BCUT2D eigenvalue weighted by molar-refractivity contribution is -0.135. The van der Waals surface area contributed by atoms with Gasteiger partial charge < -0.3 is 47.7 Å². The zero-order valence-electron chi connectivity index (χ0n) is 22.4. The van der Waals surface area contributed by atoms with Gasteiger partial charge in [0.15, 0.2) is 0 Å². The Morgan fingerprint density at radius 1 is 0.730 bits per heavy atom. The molecule has 0 aliphatic heterocycles. The summed E-state index contributed by atoms with van der Waals surface area (Å²) >= 11 is 0. The number of hydrogen-bond donors (Lipinski definition) is 8. The first-order chi connectivity index (χ1) is 17.4. The first kappa shape index (κ1) is 34.4. The smallest absolute Gasteiger partial charge is 0.245 e. The number of unbranched alkanes of at least 4 members (excludes halogenated alkanes) is 1. The van der Waals surface area contributed by atoms with Gasteiger partial charge in [-0.15, -0.1) is 0 Å². The second-order valence-corrected chi connectivity index (χ2v) is 9.95. The van der Waals surface area contributed by atoms with Crippen LogP contribution in [0.25, 0.3) is 0 Å². The Morgan fingerprint density at radius 2 is 1.19 bits per heavy atom. The molecule has 0 aliphatic rings. The fourth-order valence-corrected chi connectivity index (χ4v) is 3.49. The number of carbonyl (C=O) groups excluding carboxylic acids is 5.